The Labute approximate surface area is 79.3 Å². The van der Waals surface area contributed by atoms with Crippen LogP contribution in [0.4, 0.5) is 8.78 Å². The van der Waals surface area contributed by atoms with E-state index in [0.717, 1.165) is 6.07 Å². The lowest BCUT2D eigenvalue weighted by Gasteiger charge is -1.99. The standard InChI is InChI=1S/C9H7ClF2O/c10-8-7(11)4-3-6(9(8)12)2-1-5-13/h1-4,13H,5H2. The Kier molecular flexibility index (Phi) is 3.39. The molecule has 0 amide bonds. The predicted molar refractivity (Wildman–Crippen MR) is 47.5 cm³/mol. The van der Waals surface area contributed by atoms with E-state index >= 15 is 0 Å². The van der Waals surface area contributed by atoms with Crippen molar-refractivity contribution < 1.29 is 13.9 Å². The van der Waals surface area contributed by atoms with Crippen molar-refractivity contribution in [3.05, 3.63) is 40.4 Å². The SMILES string of the molecule is OCC=Cc1ccc(F)c(Cl)c1F. The zero-order valence-electron chi connectivity index (χ0n) is 6.60. The number of benzene rings is 1. The highest BCUT2D eigenvalue weighted by atomic mass is 35.5. The molecular formula is C9H7ClF2O. The molecule has 1 N–H and O–H groups in total. The van der Waals surface area contributed by atoms with Gasteiger partial charge in [-0.3, -0.25) is 0 Å². The molecule has 70 valence electrons. The van der Waals surface area contributed by atoms with Crippen molar-refractivity contribution in [3.63, 3.8) is 0 Å². The van der Waals surface area contributed by atoms with Crippen molar-refractivity contribution in [3.8, 4) is 0 Å². The molecule has 4 heteroatoms. The van der Waals surface area contributed by atoms with Gasteiger partial charge >= 0.3 is 0 Å². The Morgan fingerprint density at radius 2 is 2.08 bits per heavy atom. The molecule has 1 rings (SSSR count). The van der Waals surface area contributed by atoms with E-state index in [1.807, 2.05) is 0 Å². The van der Waals surface area contributed by atoms with Crippen LogP contribution in [-0.2, 0) is 0 Å². The second kappa shape index (κ2) is 4.35. The normalized spacial score (nSPS) is 11.1. The first kappa shape index (κ1) is 10.2. The average molecular weight is 205 g/mol. The van der Waals surface area contributed by atoms with Crippen LogP contribution in [0.1, 0.15) is 5.56 Å². The first-order chi connectivity index (χ1) is 6.16. The van der Waals surface area contributed by atoms with Crippen LogP contribution < -0.4 is 0 Å². The highest BCUT2D eigenvalue weighted by molar-refractivity contribution is 6.31. The first-order valence-electron chi connectivity index (χ1n) is 3.57. The number of hydrogen-bond donors (Lipinski definition) is 1. The van der Waals surface area contributed by atoms with Gasteiger partial charge in [0.2, 0.25) is 0 Å². The van der Waals surface area contributed by atoms with Crippen LogP contribution in [-0.4, -0.2) is 11.7 Å². The molecule has 0 radical (unpaired) electrons. The van der Waals surface area contributed by atoms with Crippen molar-refractivity contribution in [1.29, 1.82) is 0 Å². The van der Waals surface area contributed by atoms with Gasteiger partial charge in [-0.2, -0.15) is 0 Å². The average Bonchev–Trinajstić information content (AvgIpc) is 2.13. The molecule has 0 atom stereocenters. The molecule has 0 spiro atoms. The minimum absolute atomic E-state index is 0.153. The van der Waals surface area contributed by atoms with E-state index < -0.39 is 16.7 Å². The van der Waals surface area contributed by atoms with Crippen molar-refractivity contribution in [1.82, 2.24) is 0 Å². The molecule has 0 bridgehead atoms. The third-order valence-corrected chi connectivity index (χ3v) is 1.81. The van der Waals surface area contributed by atoms with Crippen LogP contribution in [0.25, 0.3) is 6.08 Å². The van der Waals surface area contributed by atoms with Crippen molar-refractivity contribution in [2.75, 3.05) is 6.61 Å². The molecule has 0 heterocycles. The topological polar surface area (TPSA) is 20.2 Å². The van der Waals surface area contributed by atoms with Crippen molar-refractivity contribution >= 4 is 17.7 Å². The second-order valence-electron chi connectivity index (χ2n) is 2.35. The summed E-state index contributed by atoms with van der Waals surface area (Å²) in [5.74, 6) is -1.60. The van der Waals surface area contributed by atoms with Crippen molar-refractivity contribution in [2.24, 2.45) is 0 Å². The first-order valence-corrected chi connectivity index (χ1v) is 3.95. The summed E-state index contributed by atoms with van der Waals surface area (Å²) in [6.07, 6.45) is 2.67. The largest absolute Gasteiger partial charge is 0.392 e. The number of halogens is 3. The maximum atomic E-state index is 13.1. The maximum absolute atomic E-state index is 13.1. The van der Waals surface area contributed by atoms with E-state index in [0.29, 0.717) is 0 Å². The molecule has 0 aliphatic rings. The second-order valence-corrected chi connectivity index (χ2v) is 2.73. The van der Waals surface area contributed by atoms with Gasteiger partial charge in [-0.05, 0) is 12.1 Å². The van der Waals surface area contributed by atoms with Gasteiger partial charge in [-0.1, -0.05) is 23.8 Å². The van der Waals surface area contributed by atoms with Gasteiger partial charge in [0.1, 0.15) is 10.8 Å². The minimum atomic E-state index is -0.814. The van der Waals surface area contributed by atoms with E-state index in [1.54, 1.807) is 0 Å². The zero-order valence-corrected chi connectivity index (χ0v) is 7.35. The zero-order chi connectivity index (χ0) is 9.84. The summed E-state index contributed by atoms with van der Waals surface area (Å²) < 4.78 is 25.7. The molecule has 0 fully saturated rings. The Hall–Kier alpha value is -0.930. The summed E-state index contributed by atoms with van der Waals surface area (Å²) in [4.78, 5) is 0. The molecular weight excluding hydrogens is 198 g/mol. The fourth-order valence-electron chi connectivity index (χ4n) is 0.849. The van der Waals surface area contributed by atoms with Crippen LogP contribution >= 0.6 is 11.6 Å². The van der Waals surface area contributed by atoms with Gasteiger partial charge in [0.25, 0.3) is 0 Å². The maximum Gasteiger partial charge on any atom is 0.151 e. The minimum Gasteiger partial charge on any atom is -0.392 e. The van der Waals surface area contributed by atoms with E-state index in [-0.39, 0.29) is 12.2 Å². The van der Waals surface area contributed by atoms with Crippen LogP contribution in [0.2, 0.25) is 5.02 Å². The van der Waals surface area contributed by atoms with E-state index in [2.05, 4.69) is 0 Å². The third kappa shape index (κ3) is 2.26. The lowest BCUT2D eigenvalue weighted by atomic mass is 10.2. The highest BCUT2D eigenvalue weighted by Crippen LogP contribution is 2.22. The number of hydrogen-bond acceptors (Lipinski definition) is 1. The summed E-state index contributed by atoms with van der Waals surface area (Å²) in [7, 11) is 0. The summed E-state index contributed by atoms with van der Waals surface area (Å²) in [6, 6.07) is 2.32. The molecule has 0 aliphatic heterocycles. The third-order valence-electron chi connectivity index (χ3n) is 1.47. The molecule has 1 aromatic rings. The van der Waals surface area contributed by atoms with E-state index in [4.69, 9.17) is 16.7 Å². The fourth-order valence-corrected chi connectivity index (χ4v) is 1.02. The summed E-state index contributed by atoms with van der Waals surface area (Å²) in [6.45, 7) is -0.200. The van der Waals surface area contributed by atoms with Crippen LogP contribution in [0.15, 0.2) is 18.2 Å². The number of aliphatic hydroxyl groups is 1. The Morgan fingerprint density at radius 1 is 1.38 bits per heavy atom. The quantitative estimate of drug-likeness (QED) is 0.735. The molecule has 0 unspecified atom stereocenters. The lowest BCUT2D eigenvalue weighted by molar-refractivity contribution is 0.343. The molecule has 13 heavy (non-hydrogen) atoms. The number of rotatable bonds is 2. The summed E-state index contributed by atoms with van der Waals surface area (Å²) in [5, 5.41) is 7.90. The van der Waals surface area contributed by atoms with Crippen LogP contribution in [0.5, 0.6) is 0 Å². The molecule has 0 aliphatic carbocycles. The predicted octanol–water partition coefficient (Wildman–Crippen LogP) is 2.62. The summed E-state index contributed by atoms with van der Waals surface area (Å²) >= 11 is 5.32. The Bertz CT molecular complexity index is 337. The van der Waals surface area contributed by atoms with Gasteiger partial charge in [-0.15, -0.1) is 0 Å². The van der Waals surface area contributed by atoms with Gasteiger partial charge in [0.05, 0.1) is 6.61 Å². The lowest BCUT2D eigenvalue weighted by Crippen LogP contribution is -1.88. The van der Waals surface area contributed by atoms with Gasteiger partial charge in [-0.25, -0.2) is 8.78 Å². The fraction of sp³-hybridized carbons (Fsp3) is 0.111. The molecule has 1 aromatic carbocycles. The number of aliphatic hydroxyl groups excluding tert-OH is 1. The van der Waals surface area contributed by atoms with Crippen molar-refractivity contribution in [2.45, 2.75) is 0 Å². The highest BCUT2D eigenvalue weighted by Gasteiger charge is 2.08. The van der Waals surface area contributed by atoms with Gasteiger partial charge in [0, 0.05) is 5.56 Å². The van der Waals surface area contributed by atoms with Crippen LogP contribution in [0, 0.1) is 11.6 Å². The van der Waals surface area contributed by atoms with Crippen LogP contribution in [0.3, 0.4) is 0 Å². The Morgan fingerprint density at radius 3 is 2.69 bits per heavy atom. The van der Waals surface area contributed by atoms with Gasteiger partial charge in [0.15, 0.2) is 5.82 Å². The van der Waals surface area contributed by atoms with E-state index in [9.17, 15) is 8.78 Å². The van der Waals surface area contributed by atoms with E-state index in [1.165, 1.54) is 18.2 Å². The molecule has 0 aromatic heterocycles. The molecule has 1 nitrogen and oxygen atoms in total. The van der Waals surface area contributed by atoms with Gasteiger partial charge < -0.3 is 5.11 Å². The molecule has 0 saturated carbocycles. The smallest absolute Gasteiger partial charge is 0.151 e. The monoisotopic (exact) mass is 204 g/mol. The Balaban J connectivity index is 3.11. The molecule has 0 saturated heterocycles. The summed E-state index contributed by atoms with van der Waals surface area (Å²) in [5.41, 5.74) is 0.153.